The highest BCUT2D eigenvalue weighted by Gasteiger charge is 2.20. The molecule has 0 aliphatic rings. The molecule has 0 saturated heterocycles. The molecule has 2 aromatic rings. The second-order valence-corrected chi connectivity index (χ2v) is 6.41. The van der Waals surface area contributed by atoms with Crippen LogP contribution in [-0.2, 0) is 16.6 Å². The molecule has 2 N–H and O–H groups in total. The van der Waals surface area contributed by atoms with Crippen LogP contribution in [0.3, 0.4) is 0 Å². The third-order valence-electron chi connectivity index (χ3n) is 4.04. The van der Waals surface area contributed by atoms with Gasteiger partial charge in [0, 0.05) is 31.0 Å². The van der Waals surface area contributed by atoms with Gasteiger partial charge < -0.3 is 15.5 Å². The van der Waals surface area contributed by atoms with Crippen molar-refractivity contribution in [3.63, 3.8) is 0 Å². The van der Waals surface area contributed by atoms with E-state index in [4.69, 9.17) is 0 Å². The maximum absolute atomic E-state index is 12.1. The number of nitrogens with one attached hydrogen (secondary N) is 2. The summed E-state index contributed by atoms with van der Waals surface area (Å²) in [6.45, 7) is 4.14. The largest absolute Gasteiger partial charge is 0.346 e. The number of hydrogen-bond donors (Lipinski definition) is 2. The monoisotopic (exact) mass is 343 g/mol. The molecule has 25 heavy (non-hydrogen) atoms. The smallest absolute Gasteiger partial charge is 0.313 e. The van der Waals surface area contributed by atoms with E-state index in [-0.39, 0.29) is 6.04 Å². The number of amides is 2. The molecule has 0 fully saturated rings. The molecule has 0 spiro atoms. The molecule has 0 aliphatic heterocycles. The fourth-order valence-electron chi connectivity index (χ4n) is 2.53. The first kappa shape index (κ1) is 18.7. The maximum atomic E-state index is 12.1. The molecule has 0 unspecified atom stereocenters. The zero-order valence-corrected chi connectivity index (χ0v) is 15.3. The van der Waals surface area contributed by atoms with Gasteiger partial charge in [-0.15, -0.1) is 0 Å². The number of aryl methyl sites for hydroxylation is 3. The minimum atomic E-state index is -0.669. The first-order valence-electron chi connectivity index (χ1n) is 8.09. The van der Waals surface area contributed by atoms with Gasteiger partial charge in [-0.25, -0.2) is 0 Å². The number of carbonyl (C=O) groups is 2. The number of anilines is 1. The fraction of sp³-hybridized carbons (Fsp3) is 0.389. The van der Waals surface area contributed by atoms with E-state index in [1.54, 1.807) is 10.9 Å². The van der Waals surface area contributed by atoms with Crippen LogP contribution in [-0.4, -0.2) is 47.1 Å². The van der Waals surface area contributed by atoms with E-state index in [1.165, 1.54) is 0 Å². The van der Waals surface area contributed by atoms with Crippen molar-refractivity contribution in [3.8, 4) is 0 Å². The summed E-state index contributed by atoms with van der Waals surface area (Å²) in [4.78, 5) is 26.3. The molecule has 1 atom stereocenters. The Morgan fingerprint density at radius 1 is 1.24 bits per heavy atom. The average Bonchev–Trinajstić information content (AvgIpc) is 2.96. The summed E-state index contributed by atoms with van der Waals surface area (Å²) in [5, 5.41) is 9.52. The predicted molar refractivity (Wildman–Crippen MR) is 97.2 cm³/mol. The number of nitrogens with zero attached hydrogens (tertiary/aromatic N) is 3. The van der Waals surface area contributed by atoms with Crippen molar-refractivity contribution in [1.82, 2.24) is 20.0 Å². The van der Waals surface area contributed by atoms with Gasteiger partial charge in [0.25, 0.3) is 0 Å². The second-order valence-electron chi connectivity index (χ2n) is 6.41. The topological polar surface area (TPSA) is 79.3 Å². The Bertz CT molecular complexity index is 767. The Labute approximate surface area is 148 Å². The molecule has 134 valence electrons. The average molecular weight is 343 g/mol. The lowest BCUT2D eigenvalue weighted by Gasteiger charge is -2.23. The Morgan fingerprint density at radius 3 is 2.56 bits per heavy atom. The normalized spacial score (nSPS) is 12.1. The second kappa shape index (κ2) is 7.94. The summed E-state index contributed by atoms with van der Waals surface area (Å²) in [6, 6.07) is 5.65. The Balaban J connectivity index is 1.98. The number of likely N-dealkylation sites (N-methyl/N-ethyl adjacent to an activating group) is 1. The highest BCUT2D eigenvalue weighted by molar-refractivity contribution is 6.39. The third kappa shape index (κ3) is 4.90. The molecule has 1 aromatic heterocycles. The van der Waals surface area contributed by atoms with Crippen LogP contribution in [0.25, 0.3) is 0 Å². The summed E-state index contributed by atoms with van der Waals surface area (Å²) >= 11 is 0. The first-order valence-corrected chi connectivity index (χ1v) is 8.09. The highest BCUT2D eigenvalue weighted by Crippen LogP contribution is 2.17. The SMILES string of the molecule is Cc1ccc(C)c(NC(=O)C(=O)NC[C@H](c2cnn(C)c2)N(C)C)c1. The molecule has 0 saturated carbocycles. The molecule has 2 rings (SSSR count). The van der Waals surface area contributed by atoms with Crippen molar-refractivity contribution in [2.24, 2.45) is 7.05 Å². The number of rotatable bonds is 5. The lowest BCUT2D eigenvalue weighted by Crippen LogP contribution is -2.40. The van der Waals surface area contributed by atoms with Crippen molar-refractivity contribution < 1.29 is 9.59 Å². The summed E-state index contributed by atoms with van der Waals surface area (Å²) in [7, 11) is 5.67. The van der Waals surface area contributed by atoms with Crippen molar-refractivity contribution in [2.75, 3.05) is 26.0 Å². The zero-order valence-electron chi connectivity index (χ0n) is 15.3. The quantitative estimate of drug-likeness (QED) is 0.804. The minimum absolute atomic E-state index is 0.0637. The number of aromatic nitrogens is 2. The van der Waals surface area contributed by atoms with Crippen LogP contribution < -0.4 is 10.6 Å². The predicted octanol–water partition coefficient (Wildman–Crippen LogP) is 1.39. The van der Waals surface area contributed by atoms with Crippen molar-refractivity contribution in [3.05, 3.63) is 47.3 Å². The summed E-state index contributed by atoms with van der Waals surface area (Å²) in [5.41, 5.74) is 3.55. The number of benzene rings is 1. The standard InChI is InChI=1S/C18H25N5O2/c1-12-6-7-13(2)15(8-12)21-18(25)17(24)19-10-16(22(3)4)14-9-20-23(5)11-14/h6-9,11,16H,10H2,1-5H3,(H,19,24)(H,21,25)/t16-/m1/s1. The van der Waals surface area contributed by atoms with Crippen LogP contribution >= 0.6 is 0 Å². The van der Waals surface area contributed by atoms with Crippen LogP contribution in [0.15, 0.2) is 30.6 Å². The Hall–Kier alpha value is -2.67. The molecule has 0 bridgehead atoms. The summed E-state index contributed by atoms with van der Waals surface area (Å²) in [5.74, 6) is -1.32. The van der Waals surface area contributed by atoms with E-state index < -0.39 is 11.8 Å². The minimum Gasteiger partial charge on any atom is -0.346 e. The third-order valence-corrected chi connectivity index (χ3v) is 4.04. The van der Waals surface area contributed by atoms with E-state index >= 15 is 0 Å². The van der Waals surface area contributed by atoms with Crippen LogP contribution in [0.2, 0.25) is 0 Å². The zero-order chi connectivity index (χ0) is 18.6. The van der Waals surface area contributed by atoms with E-state index in [2.05, 4.69) is 15.7 Å². The molecule has 0 aliphatic carbocycles. The van der Waals surface area contributed by atoms with Gasteiger partial charge in [-0.2, -0.15) is 5.10 Å². The van der Waals surface area contributed by atoms with Gasteiger partial charge in [-0.05, 0) is 45.1 Å². The van der Waals surface area contributed by atoms with Gasteiger partial charge in [0.1, 0.15) is 0 Å². The Morgan fingerprint density at radius 2 is 1.96 bits per heavy atom. The molecule has 1 aromatic carbocycles. The molecule has 7 nitrogen and oxygen atoms in total. The van der Waals surface area contributed by atoms with Crippen molar-refractivity contribution in [2.45, 2.75) is 19.9 Å². The van der Waals surface area contributed by atoms with Gasteiger partial charge in [-0.1, -0.05) is 12.1 Å². The van der Waals surface area contributed by atoms with Gasteiger partial charge in [0.2, 0.25) is 0 Å². The van der Waals surface area contributed by atoms with E-state index in [0.29, 0.717) is 12.2 Å². The highest BCUT2D eigenvalue weighted by atomic mass is 16.2. The molecule has 0 radical (unpaired) electrons. The lowest BCUT2D eigenvalue weighted by molar-refractivity contribution is -0.136. The molecule has 2 amide bonds. The molecule has 1 heterocycles. The van der Waals surface area contributed by atoms with E-state index in [1.807, 2.05) is 64.3 Å². The fourth-order valence-corrected chi connectivity index (χ4v) is 2.53. The number of carbonyl (C=O) groups excluding carboxylic acids is 2. The molecule has 7 heteroatoms. The van der Waals surface area contributed by atoms with Gasteiger partial charge in [0.15, 0.2) is 0 Å². The lowest BCUT2D eigenvalue weighted by atomic mass is 10.1. The van der Waals surface area contributed by atoms with Gasteiger partial charge >= 0.3 is 11.8 Å². The van der Waals surface area contributed by atoms with Crippen LogP contribution in [0.5, 0.6) is 0 Å². The van der Waals surface area contributed by atoms with Gasteiger partial charge in [-0.3, -0.25) is 14.3 Å². The maximum Gasteiger partial charge on any atom is 0.313 e. The molecular formula is C18H25N5O2. The van der Waals surface area contributed by atoms with Crippen molar-refractivity contribution in [1.29, 1.82) is 0 Å². The summed E-state index contributed by atoms with van der Waals surface area (Å²) < 4.78 is 1.71. The molecular weight excluding hydrogens is 318 g/mol. The number of hydrogen-bond acceptors (Lipinski definition) is 4. The van der Waals surface area contributed by atoms with Crippen LogP contribution in [0, 0.1) is 13.8 Å². The summed E-state index contributed by atoms with van der Waals surface area (Å²) in [6.07, 6.45) is 3.65. The van der Waals surface area contributed by atoms with Crippen LogP contribution in [0.4, 0.5) is 5.69 Å². The van der Waals surface area contributed by atoms with Crippen molar-refractivity contribution >= 4 is 17.5 Å². The first-order chi connectivity index (χ1) is 11.8. The van der Waals surface area contributed by atoms with E-state index in [9.17, 15) is 9.59 Å². The Kier molecular flexibility index (Phi) is 5.93. The van der Waals surface area contributed by atoms with Crippen LogP contribution in [0.1, 0.15) is 22.7 Å². The van der Waals surface area contributed by atoms with Gasteiger partial charge in [0.05, 0.1) is 12.2 Å². The van der Waals surface area contributed by atoms with E-state index in [0.717, 1.165) is 16.7 Å².